The van der Waals surface area contributed by atoms with Gasteiger partial charge in [0.25, 0.3) is 11.6 Å². The first-order valence-electron chi connectivity index (χ1n) is 10.5. The Labute approximate surface area is 196 Å². The van der Waals surface area contributed by atoms with Crippen LogP contribution in [-0.2, 0) is 17.6 Å². The average Bonchev–Trinajstić information content (AvgIpc) is 2.79. The van der Waals surface area contributed by atoms with Crippen molar-refractivity contribution in [1.82, 2.24) is 15.8 Å². The minimum Gasteiger partial charge on any atom is -0.272 e. The Hall–Kier alpha value is -3.45. The number of aromatic nitrogens is 1. The number of nitrogens with one attached hydrogen (secondary N) is 2. The number of non-ortho nitro benzene ring substituents is 1. The van der Waals surface area contributed by atoms with E-state index >= 15 is 0 Å². The summed E-state index contributed by atoms with van der Waals surface area (Å²) in [6, 6.07) is 9.24. The zero-order valence-electron chi connectivity index (χ0n) is 18.7. The van der Waals surface area contributed by atoms with Gasteiger partial charge in [-0.3, -0.25) is 30.6 Å². The summed E-state index contributed by atoms with van der Waals surface area (Å²) >= 11 is 1.13. The van der Waals surface area contributed by atoms with Crippen molar-refractivity contribution in [2.24, 2.45) is 11.3 Å². The third kappa shape index (κ3) is 6.08. The van der Waals surface area contributed by atoms with Gasteiger partial charge in [0.15, 0.2) is 0 Å². The number of nitrogens with zero attached hydrogens (tertiary/aromatic N) is 3. The molecule has 0 fully saturated rings. The predicted molar refractivity (Wildman–Crippen MR) is 123 cm³/mol. The van der Waals surface area contributed by atoms with Crippen LogP contribution in [0.1, 0.15) is 54.4 Å². The maximum atomic E-state index is 12.2. The number of amides is 2. The van der Waals surface area contributed by atoms with Crippen molar-refractivity contribution >= 4 is 29.3 Å². The van der Waals surface area contributed by atoms with Crippen LogP contribution in [0.15, 0.2) is 35.4 Å². The second kappa shape index (κ2) is 10.0. The smallest absolute Gasteiger partial charge is 0.270 e. The highest BCUT2D eigenvalue weighted by Crippen LogP contribution is 2.38. The molecule has 0 bridgehead atoms. The summed E-state index contributed by atoms with van der Waals surface area (Å²) in [5.41, 5.74) is 7.03. The van der Waals surface area contributed by atoms with Gasteiger partial charge in [0.05, 0.1) is 16.2 Å². The molecule has 2 amide bonds. The summed E-state index contributed by atoms with van der Waals surface area (Å²) in [6.07, 6.45) is 2.75. The Morgan fingerprint density at radius 2 is 2.06 bits per heavy atom. The summed E-state index contributed by atoms with van der Waals surface area (Å²) in [7, 11) is 0. The number of nitro benzene ring substituents is 1. The minimum atomic E-state index is -0.671. The molecular formula is C23H25N5O4S. The topological polar surface area (TPSA) is 138 Å². The average molecular weight is 468 g/mol. The summed E-state index contributed by atoms with van der Waals surface area (Å²) < 4.78 is 0. The molecule has 0 unspecified atom stereocenters. The van der Waals surface area contributed by atoms with Crippen LogP contribution in [0.5, 0.6) is 0 Å². The summed E-state index contributed by atoms with van der Waals surface area (Å²) in [5, 5.41) is 20.9. The molecule has 1 aliphatic rings. The zero-order chi connectivity index (χ0) is 24.2. The first-order chi connectivity index (χ1) is 15.6. The molecule has 1 atom stereocenters. The Morgan fingerprint density at radius 1 is 1.30 bits per heavy atom. The van der Waals surface area contributed by atoms with E-state index in [-0.39, 0.29) is 22.4 Å². The highest BCUT2D eigenvalue weighted by atomic mass is 32.2. The molecule has 1 aromatic heterocycles. The van der Waals surface area contributed by atoms with E-state index in [4.69, 9.17) is 0 Å². The van der Waals surface area contributed by atoms with Crippen molar-refractivity contribution in [2.75, 3.05) is 5.75 Å². The van der Waals surface area contributed by atoms with E-state index in [0.717, 1.165) is 48.3 Å². The van der Waals surface area contributed by atoms with Crippen molar-refractivity contribution in [3.8, 4) is 6.07 Å². The standard InChI is InChI=1S/C23H25N5O4S/c1-23(2,3)17-7-8-19-15(10-17)9-16(12-24)22(25-19)33-13-20(29)26-27-21(30)14-5-4-6-18(11-14)28(31)32/h4-6,9,11,17H,7-8,10,13H2,1-3H3,(H,26,29)(H,27,30)/t17-/m1/s1. The third-order valence-corrected chi connectivity index (χ3v) is 6.66. The number of nitro groups is 1. The van der Waals surface area contributed by atoms with Gasteiger partial charge in [0, 0.05) is 23.4 Å². The van der Waals surface area contributed by atoms with Gasteiger partial charge in [-0.05, 0) is 48.3 Å². The number of thioether (sulfide) groups is 1. The lowest BCUT2D eigenvalue weighted by atomic mass is 9.71. The number of hydrogen-bond donors (Lipinski definition) is 2. The van der Waals surface area contributed by atoms with Crippen LogP contribution in [0.25, 0.3) is 0 Å². The van der Waals surface area contributed by atoms with Gasteiger partial charge in [-0.1, -0.05) is 38.6 Å². The normalized spacial score (nSPS) is 15.2. The van der Waals surface area contributed by atoms with Crippen molar-refractivity contribution < 1.29 is 14.5 Å². The number of carbonyl (C=O) groups is 2. The SMILES string of the molecule is CC(C)(C)[C@@H]1CCc2nc(SCC(=O)NNC(=O)c3cccc([N+](=O)[O-])c3)c(C#N)cc2C1. The highest BCUT2D eigenvalue weighted by molar-refractivity contribution is 8.00. The Kier molecular flexibility index (Phi) is 7.33. The van der Waals surface area contributed by atoms with Crippen LogP contribution in [0.4, 0.5) is 5.69 Å². The fourth-order valence-corrected chi connectivity index (χ4v) is 4.48. The predicted octanol–water partition coefficient (Wildman–Crippen LogP) is 3.57. The molecule has 0 saturated carbocycles. The van der Waals surface area contributed by atoms with Gasteiger partial charge in [0.1, 0.15) is 11.1 Å². The van der Waals surface area contributed by atoms with Gasteiger partial charge >= 0.3 is 0 Å². The first-order valence-corrected chi connectivity index (χ1v) is 11.5. The van der Waals surface area contributed by atoms with Gasteiger partial charge in [0.2, 0.25) is 5.91 Å². The third-order valence-electron chi connectivity index (χ3n) is 5.67. The van der Waals surface area contributed by atoms with Crippen LogP contribution in [0, 0.1) is 32.8 Å². The van der Waals surface area contributed by atoms with Gasteiger partial charge in [-0.15, -0.1) is 0 Å². The number of benzene rings is 1. The van der Waals surface area contributed by atoms with Crippen molar-refractivity contribution in [3.63, 3.8) is 0 Å². The molecular weight excluding hydrogens is 442 g/mol. The van der Waals surface area contributed by atoms with E-state index < -0.39 is 16.7 Å². The number of aryl methyl sites for hydroxylation is 1. The molecule has 0 aliphatic heterocycles. The highest BCUT2D eigenvalue weighted by Gasteiger charge is 2.30. The molecule has 1 heterocycles. The zero-order valence-corrected chi connectivity index (χ0v) is 19.5. The maximum Gasteiger partial charge on any atom is 0.270 e. The number of hydrazine groups is 1. The molecule has 33 heavy (non-hydrogen) atoms. The second-order valence-corrected chi connectivity index (χ2v) is 9.93. The summed E-state index contributed by atoms with van der Waals surface area (Å²) in [4.78, 5) is 39.2. The van der Waals surface area contributed by atoms with E-state index in [1.54, 1.807) is 0 Å². The lowest BCUT2D eigenvalue weighted by Gasteiger charge is -2.34. The number of fused-ring (bicyclic) bond motifs is 1. The first kappa shape index (κ1) is 24.2. The molecule has 0 radical (unpaired) electrons. The molecule has 3 rings (SSSR count). The Morgan fingerprint density at radius 3 is 2.73 bits per heavy atom. The van der Waals surface area contributed by atoms with Crippen LogP contribution in [-0.4, -0.2) is 27.5 Å². The van der Waals surface area contributed by atoms with E-state index in [0.29, 0.717) is 16.5 Å². The van der Waals surface area contributed by atoms with E-state index in [9.17, 15) is 25.0 Å². The number of pyridine rings is 1. The fourth-order valence-electron chi connectivity index (χ4n) is 3.70. The van der Waals surface area contributed by atoms with E-state index in [1.807, 2.05) is 6.07 Å². The van der Waals surface area contributed by atoms with Crippen LogP contribution in [0.3, 0.4) is 0 Å². The molecule has 172 valence electrons. The van der Waals surface area contributed by atoms with Gasteiger partial charge in [-0.2, -0.15) is 5.26 Å². The maximum absolute atomic E-state index is 12.2. The second-order valence-electron chi connectivity index (χ2n) is 8.96. The quantitative estimate of drug-likeness (QED) is 0.389. The molecule has 2 N–H and O–H groups in total. The number of nitriles is 1. The lowest BCUT2D eigenvalue weighted by molar-refractivity contribution is -0.384. The molecule has 1 aliphatic carbocycles. The lowest BCUT2D eigenvalue weighted by Crippen LogP contribution is -2.42. The van der Waals surface area contributed by atoms with Crippen molar-refractivity contribution in [3.05, 3.63) is 62.8 Å². The monoisotopic (exact) mass is 467 g/mol. The van der Waals surface area contributed by atoms with Crippen LogP contribution >= 0.6 is 11.8 Å². The summed E-state index contributed by atoms with van der Waals surface area (Å²) in [5.74, 6) is -0.692. The summed E-state index contributed by atoms with van der Waals surface area (Å²) in [6.45, 7) is 6.67. The Balaban J connectivity index is 1.59. The fraction of sp³-hybridized carbons (Fsp3) is 0.391. The van der Waals surface area contributed by atoms with Crippen molar-refractivity contribution in [2.45, 2.75) is 45.1 Å². The Bertz CT molecular complexity index is 1140. The molecule has 10 heteroatoms. The molecule has 9 nitrogen and oxygen atoms in total. The van der Waals surface area contributed by atoms with Gasteiger partial charge in [-0.25, -0.2) is 4.98 Å². The van der Waals surface area contributed by atoms with E-state index in [1.165, 1.54) is 18.2 Å². The molecule has 0 saturated heterocycles. The van der Waals surface area contributed by atoms with Crippen LogP contribution < -0.4 is 10.9 Å². The molecule has 1 aromatic carbocycles. The van der Waals surface area contributed by atoms with Crippen LogP contribution in [0.2, 0.25) is 0 Å². The largest absolute Gasteiger partial charge is 0.272 e. The molecule has 0 spiro atoms. The number of rotatable bonds is 5. The van der Waals surface area contributed by atoms with Crippen molar-refractivity contribution in [1.29, 1.82) is 5.26 Å². The molecule has 2 aromatic rings. The number of hydrogen-bond acceptors (Lipinski definition) is 7. The van der Waals surface area contributed by atoms with Gasteiger partial charge < -0.3 is 0 Å². The van der Waals surface area contributed by atoms with E-state index in [2.05, 4.69) is 42.7 Å². The minimum absolute atomic E-state index is 0.0498. The number of carbonyl (C=O) groups excluding carboxylic acids is 2.